The summed E-state index contributed by atoms with van der Waals surface area (Å²) in [5, 5.41) is 0. The molecule has 108 valence electrons. The van der Waals surface area contributed by atoms with E-state index in [1.165, 1.54) is 0 Å². The zero-order valence-corrected chi connectivity index (χ0v) is 11.8. The zero-order valence-electron chi connectivity index (χ0n) is 10.9. The lowest BCUT2D eigenvalue weighted by Crippen LogP contribution is -2.38. The minimum Gasteiger partial charge on any atom is -0.330 e. The van der Waals surface area contributed by atoms with Crippen LogP contribution < -0.4 is 5.73 Å². The smallest absolute Gasteiger partial charge is 0.246 e. The molecule has 0 spiro atoms. The molecule has 0 saturated heterocycles. The van der Waals surface area contributed by atoms with Crippen molar-refractivity contribution in [2.75, 3.05) is 13.1 Å². The van der Waals surface area contributed by atoms with Crippen LogP contribution in [0.1, 0.15) is 20.3 Å². The third-order valence-electron chi connectivity index (χ3n) is 2.64. The number of sulfonamides is 1. The standard InChI is InChI=1S/C12H18F2N2O2S/c1-9(2)16(7-3-6-15)19(17,18)12-8-10(13)4-5-11(12)14/h4-5,8-9H,3,6-7,15H2,1-2H3. The molecular weight excluding hydrogens is 274 g/mol. The van der Waals surface area contributed by atoms with Gasteiger partial charge < -0.3 is 5.73 Å². The Kier molecular flexibility index (Phi) is 5.39. The van der Waals surface area contributed by atoms with E-state index in [1.54, 1.807) is 13.8 Å². The van der Waals surface area contributed by atoms with Crippen molar-refractivity contribution in [1.82, 2.24) is 4.31 Å². The van der Waals surface area contributed by atoms with Crippen LogP contribution in [0.15, 0.2) is 23.1 Å². The zero-order chi connectivity index (χ0) is 14.6. The van der Waals surface area contributed by atoms with Crippen molar-refractivity contribution in [2.45, 2.75) is 31.2 Å². The van der Waals surface area contributed by atoms with Gasteiger partial charge in [-0.15, -0.1) is 0 Å². The first kappa shape index (κ1) is 16.0. The molecule has 0 fully saturated rings. The molecule has 0 saturated carbocycles. The van der Waals surface area contributed by atoms with Crippen LogP contribution in [-0.2, 0) is 10.0 Å². The highest BCUT2D eigenvalue weighted by molar-refractivity contribution is 7.89. The second-order valence-corrected chi connectivity index (χ2v) is 6.29. The Labute approximate surface area is 112 Å². The van der Waals surface area contributed by atoms with Gasteiger partial charge in [0.2, 0.25) is 10.0 Å². The van der Waals surface area contributed by atoms with Gasteiger partial charge in [0.15, 0.2) is 0 Å². The highest BCUT2D eigenvalue weighted by Gasteiger charge is 2.29. The van der Waals surface area contributed by atoms with Crippen LogP contribution >= 0.6 is 0 Å². The highest BCUT2D eigenvalue weighted by Crippen LogP contribution is 2.22. The minimum atomic E-state index is -4.06. The molecule has 7 heteroatoms. The van der Waals surface area contributed by atoms with E-state index in [4.69, 9.17) is 5.73 Å². The van der Waals surface area contributed by atoms with Gasteiger partial charge in [0.25, 0.3) is 0 Å². The van der Waals surface area contributed by atoms with Gasteiger partial charge in [-0.3, -0.25) is 0 Å². The van der Waals surface area contributed by atoms with E-state index in [0.717, 1.165) is 16.4 Å². The molecule has 0 bridgehead atoms. The number of rotatable bonds is 6. The lowest BCUT2D eigenvalue weighted by Gasteiger charge is -2.25. The fraction of sp³-hybridized carbons (Fsp3) is 0.500. The van der Waals surface area contributed by atoms with Crippen LogP contribution in [-0.4, -0.2) is 31.9 Å². The summed E-state index contributed by atoms with van der Waals surface area (Å²) in [6.45, 7) is 3.84. The lowest BCUT2D eigenvalue weighted by atomic mass is 10.3. The summed E-state index contributed by atoms with van der Waals surface area (Å²) in [6, 6.07) is 2.03. The molecule has 1 aromatic rings. The van der Waals surface area contributed by atoms with Crippen LogP contribution in [0, 0.1) is 11.6 Å². The summed E-state index contributed by atoms with van der Waals surface area (Å²) >= 11 is 0. The summed E-state index contributed by atoms with van der Waals surface area (Å²) < 4.78 is 52.5. The van der Waals surface area contributed by atoms with Gasteiger partial charge in [-0.05, 0) is 45.0 Å². The molecule has 0 aliphatic carbocycles. The molecule has 0 unspecified atom stereocenters. The topological polar surface area (TPSA) is 63.4 Å². The number of halogens is 2. The fourth-order valence-electron chi connectivity index (χ4n) is 1.70. The molecule has 0 aromatic heterocycles. The molecule has 0 atom stereocenters. The molecule has 0 radical (unpaired) electrons. The van der Waals surface area contributed by atoms with Crippen LogP contribution in [0.4, 0.5) is 8.78 Å². The third-order valence-corrected chi connectivity index (χ3v) is 4.73. The first-order valence-electron chi connectivity index (χ1n) is 5.97. The Morgan fingerprint density at radius 3 is 2.47 bits per heavy atom. The van der Waals surface area contributed by atoms with E-state index in [0.29, 0.717) is 19.0 Å². The summed E-state index contributed by atoms with van der Waals surface area (Å²) in [5.41, 5.74) is 5.36. The first-order valence-corrected chi connectivity index (χ1v) is 7.41. The number of hydrogen-bond acceptors (Lipinski definition) is 3. The van der Waals surface area contributed by atoms with Crippen molar-refractivity contribution < 1.29 is 17.2 Å². The van der Waals surface area contributed by atoms with Crippen LogP contribution in [0.5, 0.6) is 0 Å². The van der Waals surface area contributed by atoms with Crippen molar-refractivity contribution in [3.8, 4) is 0 Å². The SMILES string of the molecule is CC(C)N(CCCN)S(=O)(=O)c1cc(F)ccc1F. The van der Waals surface area contributed by atoms with Gasteiger partial charge in [0, 0.05) is 12.6 Å². The third kappa shape index (κ3) is 3.71. The van der Waals surface area contributed by atoms with E-state index in [1.807, 2.05) is 0 Å². The maximum Gasteiger partial charge on any atom is 0.246 e. The summed E-state index contributed by atoms with van der Waals surface area (Å²) in [4.78, 5) is -0.641. The monoisotopic (exact) mass is 292 g/mol. The lowest BCUT2D eigenvalue weighted by molar-refractivity contribution is 0.349. The van der Waals surface area contributed by atoms with Gasteiger partial charge in [-0.2, -0.15) is 4.31 Å². The molecule has 0 aliphatic rings. The van der Waals surface area contributed by atoms with Crippen molar-refractivity contribution in [1.29, 1.82) is 0 Å². The van der Waals surface area contributed by atoms with E-state index in [-0.39, 0.29) is 12.6 Å². The van der Waals surface area contributed by atoms with E-state index < -0.39 is 26.6 Å². The summed E-state index contributed by atoms with van der Waals surface area (Å²) in [7, 11) is -4.06. The normalized spacial score (nSPS) is 12.4. The van der Waals surface area contributed by atoms with Gasteiger partial charge >= 0.3 is 0 Å². The van der Waals surface area contributed by atoms with Crippen molar-refractivity contribution in [2.24, 2.45) is 5.73 Å². The molecule has 4 nitrogen and oxygen atoms in total. The predicted molar refractivity (Wildman–Crippen MR) is 69.1 cm³/mol. The largest absolute Gasteiger partial charge is 0.330 e. The molecular formula is C12H18F2N2O2S. The number of nitrogens with zero attached hydrogens (tertiary/aromatic N) is 1. The van der Waals surface area contributed by atoms with Crippen LogP contribution in [0.3, 0.4) is 0 Å². The number of nitrogens with two attached hydrogens (primary N) is 1. The van der Waals surface area contributed by atoms with Gasteiger partial charge in [-0.25, -0.2) is 17.2 Å². The van der Waals surface area contributed by atoms with Crippen molar-refractivity contribution in [3.63, 3.8) is 0 Å². The average Bonchev–Trinajstić information content (AvgIpc) is 2.32. The Morgan fingerprint density at radius 1 is 1.32 bits per heavy atom. The summed E-state index contributed by atoms with van der Waals surface area (Å²) in [5.74, 6) is -1.75. The van der Waals surface area contributed by atoms with Crippen LogP contribution in [0.2, 0.25) is 0 Å². The average molecular weight is 292 g/mol. The van der Waals surface area contributed by atoms with E-state index in [2.05, 4.69) is 0 Å². The molecule has 19 heavy (non-hydrogen) atoms. The van der Waals surface area contributed by atoms with Gasteiger partial charge in [0.1, 0.15) is 16.5 Å². The van der Waals surface area contributed by atoms with Gasteiger partial charge in [0.05, 0.1) is 0 Å². The minimum absolute atomic E-state index is 0.173. The van der Waals surface area contributed by atoms with Crippen LogP contribution in [0.25, 0.3) is 0 Å². The van der Waals surface area contributed by atoms with Crippen molar-refractivity contribution >= 4 is 10.0 Å². The Bertz CT molecular complexity index is 533. The highest BCUT2D eigenvalue weighted by atomic mass is 32.2. The molecule has 1 aromatic carbocycles. The number of benzene rings is 1. The molecule has 0 amide bonds. The second kappa shape index (κ2) is 6.40. The Balaban J connectivity index is 3.22. The fourth-order valence-corrected chi connectivity index (χ4v) is 3.46. The van der Waals surface area contributed by atoms with Gasteiger partial charge in [-0.1, -0.05) is 0 Å². The molecule has 0 aliphatic heterocycles. The van der Waals surface area contributed by atoms with E-state index in [9.17, 15) is 17.2 Å². The molecule has 0 heterocycles. The summed E-state index contributed by atoms with van der Waals surface area (Å²) in [6.07, 6.45) is 0.453. The number of hydrogen-bond donors (Lipinski definition) is 1. The molecule has 1 rings (SSSR count). The Hall–Kier alpha value is -1.05. The van der Waals surface area contributed by atoms with E-state index >= 15 is 0 Å². The van der Waals surface area contributed by atoms with Crippen molar-refractivity contribution in [3.05, 3.63) is 29.8 Å². The quantitative estimate of drug-likeness (QED) is 0.868. The molecule has 2 N–H and O–H groups in total. The Morgan fingerprint density at radius 2 is 1.95 bits per heavy atom. The maximum atomic E-state index is 13.6. The first-order chi connectivity index (χ1) is 8.80. The predicted octanol–water partition coefficient (Wildman–Crippen LogP) is 1.71. The second-order valence-electron chi connectivity index (χ2n) is 4.43. The maximum absolute atomic E-state index is 13.6.